The van der Waals surface area contributed by atoms with Crippen molar-refractivity contribution in [1.82, 2.24) is 4.90 Å². The molecule has 0 fully saturated rings. The number of rotatable bonds is 5. The van der Waals surface area contributed by atoms with Gasteiger partial charge in [-0.15, -0.1) is 13.2 Å². The molecule has 0 aromatic carbocycles. The Bertz CT molecular complexity index is 293. The van der Waals surface area contributed by atoms with Crippen LogP contribution in [0.1, 0.15) is 6.42 Å². The van der Waals surface area contributed by atoms with Gasteiger partial charge in [0.2, 0.25) is 6.19 Å². The van der Waals surface area contributed by atoms with E-state index in [0.717, 1.165) is 0 Å². The molecule has 72 valence electrons. The van der Waals surface area contributed by atoms with Crippen LogP contribution in [0, 0.1) is 22.8 Å². The van der Waals surface area contributed by atoms with Crippen LogP contribution >= 0.6 is 0 Å². The van der Waals surface area contributed by atoms with Crippen LogP contribution in [0.5, 0.6) is 0 Å². The van der Waals surface area contributed by atoms with E-state index in [-0.39, 0.29) is 6.42 Å². The van der Waals surface area contributed by atoms with E-state index in [1.165, 1.54) is 0 Å². The van der Waals surface area contributed by atoms with Crippen LogP contribution in [-0.4, -0.2) is 23.8 Å². The molecule has 0 rings (SSSR count). The average molecular weight is 188 g/mol. The molecule has 0 bridgehead atoms. The van der Waals surface area contributed by atoms with Crippen LogP contribution < -0.4 is 0 Å². The summed E-state index contributed by atoms with van der Waals surface area (Å²) in [7, 11) is 0. The molecule has 0 aliphatic carbocycles. The van der Waals surface area contributed by atoms with E-state index in [9.17, 15) is 0 Å². The summed E-state index contributed by atoms with van der Waals surface area (Å²) >= 11 is 0. The second kappa shape index (κ2) is 7.57. The van der Waals surface area contributed by atoms with E-state index < -0.39 is 0 Å². The van der Waals surface area contributed by atoms with Gasteiger partial charge >= 0.3 is 0 Å². The zero-order chi connectivity index (χ0) is 10.8. The van der Waals surface area contributed by atoms with Gasteiger partial charge < -0.3 is 4.90 Å². The fourth-order valence-electron chi connectivity index (χ4n) is 0.947. The summed E-state index contributed by atoms with van der Waals surface area (Å²) in [4.78, 5) is 5.35. The molecule has 0 amide bonds. The minimum atomic E-state index is 0.120. The highest BCUT2D eigenvalue weighted by atomic mass is 15.2. The quantitative estimate of drug-likeness (QED) is 0.284. The molecule has 4 heteroatoms. The maximum atomic E-state index is 8.53. The molecule has 4 nitrogen and oxygen atoms in total. The number of nitriles is 2. The molecule has 0 aliphatic heterocycles. The van der Waals surface area contributed by atoms with Crippen molar-refractivity contribution in [2.45, 2.75) is 6.42 Å². The Labute approximate surface area is 84.1 Å². The van der Waals surface area contributed by atoms with Gasteiger partial charge in [-0.1, -0.05) is 12.2 Å². The smallest absolute Gasteiger partial charge is 0.207 e. The van der Waals surface area contributed by atoms with Gasteiger partial charge in [0.15, 0.2) is 0 Å². The van der Waals surface area contributed by atoms with Crippen LogP contribution in [-0.2, 0) is 0 Å². The van der Waals surface area contributed by atoms with Crippen molar-refractivity contribution in [2.75, 3.05) is 13.1 Å². The normalized spacial score (nSPS) is 9.71. The topological polar surface area (TPSA) is 63.2 Å². The van der Waals surface area contributed by atoms with Gasteiger partial charge in [-0.2, -0.15) is 15.5 Å². The fourth-order valence-corrected chi connectivity index (χ4v) is 0.947. The first-order chi connectivity index (χ1) is 6.79. The molecule has 0 aromatic heterocycles. The van der Waals surface area contributed by atoms with Crippen LogP contribution in [0.4, 0.5) is 0 Å². The number of amidine groups is 1. The van der Waals surface area contributed by atoms with E-state index in [1.807, 2.05) is 6.07 Å². The van der Waals surface area contributed by atoms with Gasteiger partial charge in [0.1, 0.15) is 5.84 Å². The van der Waals surface area contributed by atoms with Crippen LogP contribution in [0.2, 0.25) is 0 Å². The second-order valence-electron chi connectivity index (χ2n) is 2.45. The lowest BCUT2D eigenvalue weighted by atomic mass is 10.3. The highest BCUT2D eigenvalue weighted by Crippen LogP contribution is 1.97. The van der Waals surface area contributed by atoms with E-state index in [2.05, 4.69) is 18.2 Å². The van der Waals surface area contributed by atoms with E-state index in [0.29, 0.717) is 18.9 Å². The van der Waals surface area contributed by atoms with E-state index in [4.69, 9.17) is 10.5 Å². The standard InChI is InChI=1S/C10H12N4/c1-3-7-14(8-4-2)10(5-6-11)13-9-12/h3-4H,1-2,5,7-8H2. The number of nitrogens with zero attached hydrogens (tertiary/aromatic N) is 4. The third-order valence-corrected chi connectivity index (χ3v) is 1.48. The predicted molar refractivity (Wildman–Crippen MR) is 55.2 cm³/mol. The van der Waals surface area contributed by atoms with E-state index in [1.54, 1.807) is 23.2 Å². The van der Waals surface area contributed by atoms with Crippen LogP contribution in [0.15, 0.2) is 30.3 Å². The maximum absolute atomic E-state index is 8.53. The molecule has 0 atom stereocenters. The second-order valence-corrected chi connectivity index (χ2v) is 2.45. The molecule has 0 unspecified atom stereocenters. The first-order valence-electron chi connectivity index (χ1n) is 4.09. The van der Waals surface area contributed by atoms with Gasteiger partial charge in [0.05, 0.1) is 12.5 Å². The molecule has 0 heterocycles. The lowest BCUT2D eigenvalue weighted by molar-refractivity contribution is 0.506. The molecule has 14 heavy (non-hydrogen) atoms. The number of aliphatic imine (C=N–C) groups is 1. The molecule has 0 radical (unpaired) electrons. The molecule has 0 spiro atoms. The Morgan fingerprint density at radius 3 is 2.21 bits per heavy atom. The first kappa shape index (κ1) is 11.9. The van der Waals surface area contributed by atoms with Crippen LogP contribution in [0.25, 0.3) is 0 Å². The Hall–Kier alpha value is -2.07. The first-order valence-corrected chi connectivity index (χ1v) is 4.09. The minimum Gasteiger partial charge on any atom is -0.351 e. The molecule has 0 saturated heterocycles. The summed E-state index contributed by atoms with van der Waals surface area (Å²) in [6.45, 7) is 8.28. The lowest BCUT2D eigenvalue weighted by Crippen LogP contribution is -2.30. The van der Waals surface area contributed by atoms with Crippen molar-refractivity contribution in [3.63, 3.8) is 0 Å². The Kier molecular flexibility index (Phi) is 6.45. The van der Waals surface area contributed by atoms with Crippen molar-refractivity contribution < 1.29 is 0 Å². The van der Waals surface area contributed by atoms with Crippen molar-refractivity contribution in [3.05, 3.63) is 25.3 Å². The summed E-state index contributed by atoms with van der Waals surface area (Å²) in [6, 6.07) is 1.96. The highest BCUT2D eigenvalue weighted by Gasteiger charge is 2.07. The van der Waals surface area contributed by atoms with Gasteiger partial charge in [0.25, 0.3) is 0 Å². The minimum absolute atomic E-state index is 0.120. The Morgan fingerprint density at radius 1 is 1.29 bits per heavy atom. The maximum Gasteiger partial charge on any atom is 0.207 e. The Balaban J connectivity index is 4.65. The zero-order valence-electron chi connectivity index (χ0n) is 7.98. The van der Waals surface area contributed by atoms with Gasteiger partial charge in [-0.05, 0) is 0 Å². The summed E-state index contributed by atoms with van der Waals surface area (Å²) in [5.74, 6) is 0.454. The third kappa shape index (κ3) is 4.08. The van der Waals surface area contributed by atoms with Crippen molar-refractivity contribution in [1.29, 1.82) is 10.5 Å². The fraction of sp³-hybridized carbons (Fsp3) is 0.300. The SMILES string of the molecule is C=CCN(CC=C)C(CC#N)=NC#N. The summed E-state index contributed by atoms with van der Waals surface area (Å²) in [5, 5.41) is 17.0. The van der Waals surface area contributed by atoms with Gasteiger partial charge in [0, 0.05) is 13.1 Å². The molecule has 0 aromatic rings. The predicted octanol–water partition coefficient (Wildman–Crippen LogP) is 1.45. The summed E-state index contributed by atoms with van der Waals surface area (Å²) in [6.07, 6.45) is 5.17. The van der Waals surface area contributed by atoms with Gasteiger partial charge in [-0.25, -0.2) is 0 Å². The van der Waals surface area contributed by atoms with Gasteiger partial charge in [-0.3, -0.25) is 0 Å². The molecule has 0 N–H and O–H groups in total. The largest absolute Gasteiger partial charge is 0.351 e. The van der Waals surface area contributed by atoms with Crippen molar-refractivity contribution in [3.8, 4) is 12.3 Å². The number of hydrogen-bond acceptors (Lipinski definition) is 3. The van der Waals surface area contributed by atoms with Crippen molar-refractivity contribution in [2.24, 2.45) is 4.99 Å². The lowest BCUT2D eigenvalue weighted by Gasteiger charge is -2.20. The molecular weight excluding hydrogens is 176 g/mol. The molecular formula is C10H12N4. The molecule has 0 saturated carbocycles. The Morgan fingerprint density at radius 2 is 1.86 bits per heavy atom. The van der Waals surface area contributed by atoms with Crippen LogP contribution in [0.3, 0.4) is 0 Å². The van der Waals surface area contributed by atoms with Crippen molar-refractivity contribution >= 4 is 5.84 Å². The third-order valence-electron chi connectivity index (χ3n) is 1.48. The number of hydrogen-bond donors (Lipinski definition) is 0. The molecule has 0 aliphatic rings. The summed E-state index contributed by atoms with van der Waals surface area (Å²) < 4.78 is 0. The zero-order valence-corrected chi connectivity index (χ0v) is 7.98. The highest BCUT2D eigenvalue weighted by molar-refractivity contribution is 5.85. The van der Waals surface area contributed by atoms with E-state index >= 15 is 0 Å². The monoisotopic (exact) mass is 188 g/mol. The average Bonchev–Trinajstić information content (AvgIpc) is 2.17. The summed E-state index contributed by atoms with van der Waals surface area (Å²) in [5.41, 5.74) is 0.